The Labute approximate surface area is 326 Å². The van der Waals surface area contributed by atoms with Crippen molar-refractivity contribution in [3.63, 3.8) is 0 Å². The highest BCUT2D eigenvalue weighted by atomic mass is 16.8. The molecule has 308 valence electrons. The molecule has 3 fully saturated rings. The number of fused-ring (bicyclic) bond motifs is 1. The normalized spacial score (nSPS) is 36.6. The van der Waals surface area contributed by atoms with Gasteiger partial charge < -0.3 is 68.9 Å². The van der Waals surface area contributed by atoms with E-state index in [9.17, 15) is 50.1 Å². The van der Waals surface area contributed by atoms with Gasteiger partial charge in [-0.2, -0.15) is 0 Å². The molecule has 2 saturated heterocycles. The van der Waals surface area contributed by atoms with Crippen LogP contribution in [-0.4, -0.2) is 140 Å². The maximum absolute atomic E-state index is 12.4. The van der Waals surface area contributed by atoms with Crippen molar-refractivity contribution in [2.75, 3.05) is 13.2 Å². The lowest BCUT2D eigenvalue weighted by molar-refractivity contribution is -0.362. The molecule has 0 radical (unpaired) electrons. The molecule has 0 aromatic heterocycles. The number of carbonyl (C=O) groups excluding carboxylic acids is 2. The number of carboxylic acids is 1. The first-order chi connectivity index (χ1) is 27.3. The van der Waals surface area contributed by atoms with Crippen LogP contribution in [0.15, 0.2) is 84.7 Å². The van der Waals surface area contributed by atoms with E-state index in [0.29, 0.717) is 0 Å². The van der Waals surface area contributed by atoms with Gasteiger partial charge >= 0.3 is 17.9 Å². The third kappa shape index (κ3) is 9.78. The number of ether oxygens (including phenoxy) is 7. The Bertz CT molecular complexity index is 1780. The largest absolute Gasteiger partial charge is 0.478 e. The third-order valence-electron chi connectivity index (χ3n) is 10.6. The van der Waals surface area contributed by atoms with Crippen molar-refractivity contribution in [3.8, 4) is 0 Å². The Morgan fingerprint density at radius 1 is 0.702 bits per heavy atom. The van der Waals surface area contributed by atoms with Crippen molar-refractivity contribution in [3.05, 3.63) is 95.8 Å². The maximum Gasteiger partial charge on any atom is 0.334 e. The molecule has 1 aliphatic carbocycles. The number of benzene rings is 2. The van der Waals surface area contributed by atoms with Gasteiger partial charge in [0.2, 0.25) is 6.29 Å². The predicted octanol–water partition coefficient (Wildman–Crippen LogP) is 0.258. The average molecular weight is 799 g/mol. The predicted molar refractivity (Wildman–Crippen MR) is 194 cm³/mol. The molecule has 7 N–H and O–H groups in total. The lowest BCUT2D eigenvalue weighted by Crippen LogP contribution is -2.62. The molecular weight excluding hydrogens is 752 g/mol. The number of hydrogen-bond donors (Lipinski definition) is 7. The van der Waals surface area contributed by atoms with Gasteiger partial charge in [0, 0.05) is 18.1 Å². The molecule has 0 unspecified atom stereocenters. The van der Waals surface area contributed by atoms with E-state index in [0.717, 1.165) is 17.4 Å². The van der Waals surface area contributed by atoms with Crippen LogP contribution in [-0.2, 0) is 47.5 Å². The first kappa shape index (κ1) is 42.1. The molecule has 14 atom stereocenters. The summed E-state index contributed by atoms with van der Waals surface area (Å²) in [5.41, 5.74) is -0.111. The smallest absolute Gasteiger partial charge is 0.334 e. The van der Waals surface area contributed by atoms with Crippen molar-refractivity contribution < 1.29 is 83.3 Å². The van der Waals surface area contributed by atoms with Gasteiger partial charge in [-0.1, -0.05) is 60.7 Å². The fraction of sp³-hybridized carbons (Fsp3) is 0.475. The van der Waals surface area contributed by atoms with Crippen molar-refractivity contribution in [2.45, 2.75) is 93.1 Å². The zero-order valence-electron chi connectivity index (χ0n) is 30.7. The monoisotopic (exact) mass is 798 g/mol. The molecule has 57 heavy (non-hydrogen) atoms. The second-order valence-electron chi connectivity index (χ2n) is 14.4. The van der Waals surface area contributed by atoms with E-state index in [1.165, 1.54) is 24.3 Å². The molecule has 17 nitrogen and oxygen atoms in total. The second kappa shape index (κ2) is 18.4. The van der Waals surface area contributed by atoms with Crippen LogP contribution in [0.1, 0.15) is 30.9 Å². The second-order valence-corrected chi connectivity index (χ2v) is 14.4. The first-order valence-corrected chi connectivity index (χ1v) is 18.4. The number of carbonyl (C=O) groups is 3. The summed E-state index contributed by atoms with van der Waals surface area (Å²) >= 11 is 0. The topological polar surface area (TPSA) is 257 Å². The van der Waals surface area contributed by atoms with Crippen LogP contribution in [0.2, 0.25) is 0 Å². The molecule has 0 bridgehead atoms. The molecule has 1 saturated carbocycles. The van der Waals surface area contributed by atoms with E-state index < -0.39 is 116 Å². The average Bonchev–Trinajstić information content (AvgIpc) is 3.56. The van der Waals surface area contributed by atoms with Gasteiger partial charge in [-0.15, -0.1) is 0 Å². The minimum absolute atomic E-state index is 0.130. The standard InChI is InChI=1S/C40H46O17/c1-40(57-39-35(48)33(46)31(44)26(55-39)20-52-28(42)15-13-22-10-6-3-7-11-22)17-16-23-24(36(49)50)18-53-37(29(23)40)56-38-34(47)32(45)30(43)25(54-38)19-51-27(41)14-12-21-8-4-2-5-9-21/h2-15,18,23,25-26,29-35,37-39,43-48H,16-17,19-20H2,1H3,(H,49,50)/b14-12+,15-13+/t23-,25-,26-,29-,30-,31-,32+,33+,34-,35-,37+,38+,39+,40+/m1/s1. The van der Waals surface area contributed by atoms with E-state index in [1.54, 1.807) is 55.5 Å². The molecule has 4 aliphatic rings. The first-order valence-electron chi connectivity index (χ1n) is 18.4. The summed E-state index contributed by atoms with van der Waals surface area (Å²) in [6.45, 7) is 0.493. The Kier molecular flexibility index (Phi) is 13.6. The SMILES string of the molecule is C[C@]1(O[C@@H]2O[C@H](COC(=O)/C=C/c3ccccc3)[C@@H](O)[C@H](O)[C@H]2O)CC[C@@H]2C(C(=O)O)=CO[C@@H](O[C@@H]3O[C@H](COC(=O)/C=C/c4ccccc4)[C@@H](O)[C@H](O)[C@H]3O)[C@@H]21. The minimum Gasteiger partial charge on any atom is -0.478 e. The summed E-state index contributed by atoms with van der Waals surface area (Å²) in [6.07, 6.45) is -11.5. The van der Waals surface area contributed by atoms with E-state index in [2.05, 4.69) is 0 Å². The van der Waals surface area contributed by atoms with Gasteiger partial charge in [0.25, 0.3) is 0 Å². The maximum atomic E-state index is 12.4. The van der Waals surface area contributed by atoms with Gasteiger partial charge in [0.05, 0.1) is 23.4 Å². The summed E-state index contributed by atoms with van der Waals surface area (Å²) in [5, 5.41) is 74.7. The van der Waals surface area contributed by atoms with E-state index in [1.807, 2.05) is 12.1 Å². The van der Waals surface area contributed by atoms with Crippen molar-refractivity contribution in [1.29, 1.82) is 0 Å². The summed E-state index contributed by atoms with van der Waals surface area (Å²) in [5.74, 6) is -4.65. The van der Waals surface area contributed by atoms with Gasteiger partial charge in [0.15, 0.2) is 12.6 Å². The van der Waals surface area contributed by atoms with Crippen LogP contribution in [0.5, 0.6) is 0 Å². The number of rotatable bonds is 13. The molecule has 3 heterocycles. The number of aliphatic hydroxyl groups is 6. The van der Waals surface area contributed by atoms with Crippen LogP contribution < -0.4 is 0 Å². The van der Waals surface area contributed by atoms with Crippen LogP contribution in [0.25, 0.3) is 12.2 Å². The number of carboxylic acid groups (broad SMARTS) is 1. The Hall–Kier alpha value is -4.53. The molecule has 3 aliphatic heterocycles. The van der Waals surface area contributed by atoms with E-state index >= 15 is 0 Å². The Balaban J connectivity index is 1.14. The van der Waals surface area contributed by atoms with Crippen molar-refractivity contribution >= 4 is 30.1 Å². The summed E-state index contributed by atoms with van der Waals surface area (Å²) < 4.78 is 40.2. The highest BCUT2D eigenvalue weighted by Gasteiger charge is 2.59. The molecule has 17 heteroatoms. The molecule has 0 spiro atoms. The van der Waals surface area contributed by atoms with E-state index in [-0.39, 0.29) is 18.4 Å². The van der Waals surface area contributed by atoms with Gasteiger partial charge in [-0.25, -0.2) is 14.4 Å². The fourth-order valence-corrected chi connectivity index (χ4v) is 7.41. The Morgan fingerprint density at radius 2 is 1.19 bits per heavy atom. The summed E-state index contributed by atoms with van der Waals surface area (Å²) in [6, 6.07) is 17.9. The summed E-state index contributed by atoms with van der Waals surface area (Å²) in [4.78, 5) is 37.1. The minimum atomic E-state index is -1.85. The molecule has 2 aromatic carbocycles. The zero-order chi connectivity index (χ0) is 40.9. The molecule has 2 aromatic rings. The highest BCUT2D eigenvalue weighted by Crippen LogP contribution is 2.52. The van der Waals surface area contributed by atoms with Crippen LogP contribution >= 0.6 is 0 Å². The molecule has 6 rings (SSSR count). The number of hydrogen-bond acceptors (Lipinski definition) is 16. The number of aliphatic carboxylic acids is 1. The van der Waals surface area contributed by atoms with Crippen LogP contribution in [0.4, 0.5) is 0 Å². The number of aliphatic hydroxyl groups excluding tert-OH is 6. The van der Waals surface area contributed by atoms with Crippen LogP contribution in [0.3, 0.4) is 0 Å². The highest BCUT2D eigenvalue weighted by molar-refractivity contribution is 5.88. The molecular formula is C40H46O17. The number of esters is 2. The summed E-state index contributed by atoms with van der Waals surface area (Å²) in [7, 11) is 0. The van der Waals surface area contributed by atoms with Gasteiger partial charge in [-0.05, 0) is 43.0 Å². The lowest BCUT2D eigenvalue weighted by atomic mass is 9.81. The lowest BCUT2D eigenvalue weighted by Gasteiger charge is -2.47. The van der Waals surface area contributed by atoms with Crippen molar-refractivity contribution in [1.82, 2.24) is 0 Å². The Morgan fingerprint density at radius 3 is 1.70 bits per heavy atom. The quantitative estimate of drug-likeness (QED) is 0.106. The third-order valence-corrected chi connectivity index (χ3v) is 10.6. The van der Waals surface area contributed by atoms with Crippen LogP contribution in [0, 0.1) is 11.8 Å². The fourth-order valence-electron chi connectivity index (χ4n) is 7.41. The van der Waals surface area contributed by atoms with E-state index in [4.69, 9.17) is 33.2 Å². The molecule has 0 amide bonds. The van der Waals surface area contributed by atoms with Gasteiger partial charge in [0.1, 0.15) is 62.0 Å². The van der Waals surface area contributed by atoms with Crippen molar-refractivity contribution in [2.24, 2.45) is 11.8 Å². The van der Waals surface area contributed by atoms with Gasteiger partial charge in [-0.3, -0.25) is 0 Å². The zero-order valence-corrected chi connectivity index (χ0v) is 30.7.